The highest BCUT2D eigenvalue weighted by Crippen LogP contribution is 2.22. The molecule has 1 aromatic carbocycles. The van der Waals surface area contributed by atoms with Gasteiger partial charge in [0.15, 0.2) is 0 Å². The highest BCUT2D eigenvalue weighted by molar-refractivity contribution is 5.27. The molecule has 1 aromatic heterocycles. The van der Waals surface area contributed by atoms with Gasteiger partial charge in [0.1, 0.15) is 5.82 Å². The number of benzene rings is 1. The summed E-state index contributed by atoms with van der Waals surface area (Å²) in [5, 5.41) is 9.39. The fourth-order valence-electron chi connectivity index (χ4n) is 1.69. The quantitative estimate of drug-likeness (QED) is 0.797. The molecule has 1 atom stereocenters. The molecular formula is C12H14N2O. The van der Waals surface area contributed by atoms with Crippen LogP contribution in [0.5, 0.6) is 0 Å². The van der Waals surface area contributed by atoms with E-state index in [9.17, 15) is 5.11 Å². The molecule has 2 rings (SSSR count). The number of H-pyrrole nitrogens is 1. The number of aliphatic hydroxyl groups excluding tert-OH is 1. The number of aliphatic hydroxyl groups is 1. The molecule has 0 bridgehead atoms. The van der Waals surface area contributed by atoms with Crippen LogP contribution in [-0.4, -0.2) is 21.7 Å². The summed E-state index contributed by atoms with van der Waals surface area (Å²) in [6.45, 7) is 1.99. The van der Waals surface area contributed by atoms with E-state index in [0.717, 1.165) is 17.1 Å². The van der Waals surface area contributed by atoms with Crippen molar-refractivity contribution in [3.05, 3.63) is 53.6 Å². The number of aromatic amines is 1. The van der Waals surface area contributed by atoms with Gasteiger partial charge in [0.2, 0.25) is 0 Å². The molecular weight excluding hydrogens is 188 g/mol. The van der Waals surface area contributed by atoms with Gasteiger partial charge in [-0.3, -0.25) is 0 Å². The van der Waals surface area contributed by atoms with E-state index in [4.69, 9.17) is 0 Å². The Kier molecular flexibility index (Phi) is 2.83. The Balaban J connectivity index is 2.33. The molecule has 0 spiro atoms. The van der Waals surface area contributed by atoms with Gasteiger partial charge in [0.05, 0.1) is 6.61 Å². The van der Waals surface area contributed by atoms with E-state index in [1.165, 1.54) is 0 Å². The minimum Gasteiger partial charge on any atom is -0.395 e. The third-order valence-corrected chi connectivity index (χ3v) is 2.48. The van der Waals surface area contributed by atoms with Gasteiger partial charge in [-0.25, -0.2) is 4.98 Å². The monoisotopic (exact) mass is 202 g/mol. The molecule has 2 N–H and O–H groups in total. The predicted octanol–water partition coefficient (Wildman–Crippen LogP) is 1.84. The molecule has 0 aliphatic rings. The number of nitrogens with one attached hydrogen (secondary N) is 1. The van der Waals surface area contributed by atoms with Crippen LogP contribution < -0.4 is 0 Å². The standard InChI is InChI=1S/C12H14N2O/c1-9-13-7-12(14-9)11(8-15)10-5-3-2-4-6-10/h2-7,11,15H,8H2,1H3,(H,13,14). The lowest BCUT2D eigenvalue weighted by Gasteiger charge is -2.12. The number of nitrogens with zero attached hydrogens (tertiary/aromatic N) is 1. The Morgan fingerprint density at radius 1 is 1.33 bits per heavy atom. The first-order valence-electron chi connectivity index (χ1n) is 4.98. The first-order chi connectivity index (χ1) is 7.31. The molecule has 15 heavy (non-hydrogen) atoms. The largest absolute Gasteiger partial charge is 0.395 e. The predicted molar refractivity (Wildman–Crippen MR) is 58.7 cm³/mol. The van der Waals surface area contributed by atoms with Gasteiger partial charge < -0.3 is 10.1 Å². The van der Waals surface area contributed by atoms with E-state index in [1.807, 2.05) is 37.3 Å². The Labute approximate surface area is 88.8 Å². The molecule has 0 aliphatic carbocycles. The van der Waals surface area contributed by atoms with E-state index in [2.05, 4.69) is 9.97 Å². The maximum Gasteiger partial charge on any atom is 0.103 e. The number of rotatable bonds is 3. The molecule has 78 valence electrons. The molecule has 1 unspecified atom stereocenters. The van der Waals surface area contributed by atoms with E-state index in [-0.39, 0.29) is 12.5 Å². The van der Waals surface area contributed by atoms with Crippen molar-refractivity contribution in [1.29, 1.82) is 0 Å². The Bertz CT molecular complexity index is 422. The van der Waals surface area contributed by atoms with Crippen LogP contribution in [-0.2, 0) is 0 Å². The molecule has 0 saturated heterocycles. The summed E-state index contributed by atoms with van der Waals surface area (Å²) in [6, 6.07) is 9.94. The van der Waals surface area contributed by atoms with E-state index in [0.29, 0.717) is 0 Å². The van der Waals surface area contributed by atoms with Crippen LogP contribution in [0.3, 0.4) is 0 Å². The Hall–Kier alpha value is -1.61. The van der Waals surface area contributed by atoms with Crippen molar-refractivity contribution >= 4 is 0 Å². The molecule has 0 aliphatic heterocycles. The number of hydrogen-bond donors (Lipinski definition) is 2. The molecule has 3 heteroatoms. The van der Waals surface area contributed by atoms with Crippen molar-refractivity contribution < 1.29 is 5.11 Å². The van der Waals surface area contributed by atoms with Crippen molar-refractivity contribution in [2.75, 3.05) is 6.61 Å². The van der Waals surface area contributed by atoms with Gasteiger partial charge in [0.25, 0.3) is 0 Å². The minimum atomic E-state index is -0.00704. The lowest BCUT2D eigenvalue weighted by molar-refractivity contribution is 0.279. The van der Waals surface area contributed by atoms with Gasteiger partial charge in [0, 0.05) is 17.8 Å². The zero-order valence-electron chi connectivity index (χ0n) is 8.64. The lowest BCUT2D eigenvalue weighted by Crippen LogP contribution is -2.06. The first-order valence-corrected chi connectivity index (χ1v) is 4.98. The summed E-state index contributed by atoms with van der Waals surface area (Å²) in [7, 11) is 0. The second-order valence-corrected chi connectivity index (χ2v) is 3.57. The number of aromatic nitrogens is 2. The Morgan fingerprint density at radius 2 is 2.07 bits per heavy atom. The van der Waals surface area contributed by atoms with E-state index in [1.54, 1.807) is 6.20 Å². The topological polar surface area (TPSA) is 48.9 Å². The summed E-state index contributed by atoms with van der Waals surface area (Å²) < 4.78 is 0. The van der Waals surface area contributed by atoms with Crippen molar-refractivity contribution in [3.8, 4) is 0 Å². The summed E-state index contributed by atoms with van der Waals surface area (Å²) in [4.78, 5) is 7.30. The highest BCUT2D eigenvalue weighted by atomic mass is 16.3. The van der Waals surface area contributed by atoms with Gasteiger partial charge in [-0.15, -0.1) is 0 Å². The lowest BCUT2D eigenvalue weighted by atomic mass is 9.97. The first kappa shape index (κ1) is 9.93. The van der Waals surface area contributed by atoms with Crippen LogP contribution in [0.15, 0.2) is 36.5 Å². The molecule has 1 heterocycles. The van der Waals surface area contributed by atoms with Crippen LogP contribution in [0.4, 0.5) is 0 Å². The molecule has 0 radical (unpaired) electrons. The summed E-state index contributed by atoms with van der Waals surface area (Å²) in [5.41, 5.74) is 2.06. The fraction of sp³-hybridized carbons (Fsp3) is 0.250. The van der Waals surface area contributed by atoms with Gasteiger partial charge in [-0.2, -0.15) is 0 Å². The van der Waals surface area contributed by atoms with E-state index >= 15 is 0 Å². The van der Waals surface area contributed by atoms with Crippen LogP contribution in [0.1, 0.15) is 23.0 Å². The number of hydrogen-bond acceptors (Lipinski definition) is 2. The van der Waals surface area contributed by atoms with Gasteiger partial charge in [-0.05, 0) is 12.5 Å². The van der Waals surface area contributed by atoms with E-state index < -0.39 is 0 Å². The van der Waals surface area contributed by atoms with Crippen LogP contribution in [0, 0.1) is 6.92 Å². The zero-order chi connectivity index (χ0) is 10.7. The summed E-state index contributed by atoms with van der Waals surface area (Å²) >= 11 is 0. The highest BCUT2D eigenvalue weighted by Gasteiger charge is 2.14. The van der Waals surface area contributed by atoms with Crippen LogP contribution >= 0.6 is 0 Å². The average Bonchev–Trinajstić information content (AvgIpc) is 2.68. The number of imidazole rings is 1. The maximum atomic E-state index is 9.39. The third-order valence-electron chi connectivity index (χ3n) is 2.48. The van der Waals surface area contributed by atoms with Gasteiger partial charge >= 0.3 is 0 Å². The zero-order valence-corrected chi connectivity index (χ0v) is 8.64. The Morgan fingerprint density at radius 3 is 2.60 bits per heavy atom. The van der Waals surface area contributed by atoms with Crippen LogP contribution in [0.25, 0.3) is 0 Å². The smallest absolute Gasteiger partial charge is 0.103 e. The van der Waals surface area contributed by atoms with Crippen molar-refractivity contribution in [2.24, 2.45) is 0 Å². The summed E-state index contributed by atoms with van der Waals surface area (Å²) in [5.74, 6) is 0.867. The molecule has 0 amide bonds. The van der Waals surface area contributed by atoms with Crippen molar-refractivity contribution in [3.63, 3.8) is 0 Å². The SMILES string of the molecule is Cc1ncc(C(CO)c2ccccc2)[nH]1. The van der Waals surface area contributed by atoms with Crippen LogP contribution in [0.2, 0.25) is 0 Å². The van der Waals surface area contributed by atoms with Gasteiger partial charge in [-0.1, -0.05) is 30.3 Å². The third kappa shape index (κ3) is 2.07. The molecule has 0 saturated carbocycles. The number of aryl methyl sites for hydroxylation is 1. The maximum absolute atomic E-state index is 9.39. The summed E-state index contributed by atoms with van der Waals surface area (Å²) in [6.07, 6.45) is 1.78. The average molecular weight is 202 g/mol. The minimum absolute atomic E-state index is 0.00704. The fourth-order valence-corrected chi connectivity index (χ4v) is 1.69. The molecule has 3 nitrogen and oxygen atoms in total. The second-order valence-electron chi connectivity index (χ2n) is 3.57. The van der Waals surface area contributed by atoms with Crippen molar-refractivity contribution in [1.82, 2.24) is 9.97 Å². The second kappa shape index (κ2) is 4.28. The molecule has 0 fully saturated rings. The molecule has 2 aromatic rings. The normalized spacial score (nSPS) is 12.7. The van der Waals surface area contributed by atoms with Crippen molar-refractivity contribution in [2.45, 2.75) is 12.8 Å².